The Bertz CT molecular complexity index is 230. The molecule has 0 aromatic rings. The largest absolute Gasteiger partial charge is 0.480 e. The smallest absolute Gasteiger partial charge is 0.323 e. The predicted octanol–water partition coefficient (Wildman–Crippen LogP) is 0.408. The van der Waals surface area contributed by atoms with Crippen LogP contribution in [-0.4, -0.2) is 61.9 Å². The van der Waals surface area contributed by atoms with Crippen LogP contribution in [0.5, 0.6) is 0 Å². The molecule has 0 aromatic heterocycles. The quantitative estimate of drug-likeness (QED) is 0.647. The predicted molar refractivity (Wildman–Crippen MR) is 66.1 cm³/mol. The number of ether oxygens (including phenoxy) is 1. The summed E-state index contributed by atoms with van der Waals surface area (Å²) >= 11 is 0. The highest BCUT2D eigenvalue weighted by atomic mass is 16.5. The maximum Gasteiger partial charge on any atom is 0.323 e. The lowest BCUT2D eigenvalue weighted by Crippen LogP contribution is -2.43. The molecule has 0 aliphatic carbocycles. The lowest BCUT2D eigenvalue weighted by atomic mass is 10.1. The van der Waals surface area contributed by atoms with E-state index in [2.05, 4.69) is 17.1 Å². The van der Waals surface area contributed by atoms with Crippen LogP contribution in [0.4, 0.5) is 0 Å². The van der Waals surface area contributed by atoms with Crippen molar-refractivity contribution in [3.8, 4) is 0 Å². The van der Waals surface area contributed by atoms with Gasteiger partial charge in [0.25, 0.3) is 0 Å². The molecule has 1 aliphatic heterocycles. The van der Waals surface area contributed by atoms with E-state index >= 15 is 0 Å². The first-order chi connectivity index (χ1) is 8.13. The van der Waals surface area contributed by atoms with Gasteiger partial charge in [-0.2, -0.15) is 0 Å². The number of nitrogens with one attached hydrogen (secondary N) is 1. The molecule has 2 unspecified atom stereocenters. The molecule has 1 heterocycles. The second-order valence-corrected chi connectivity index (χ2v) is 4.87. The summed E-state index contributed by atoms with van der Waals surface area (Å²) in [7, 11) is 1.52. The summed E-state index contributed by atoms with van der Waals surface area (Å²) in [5, 5.41) is 12.0. The fourth-order valence-corrected chi connectivity index (χ4v) is 2.20. The third-order valence-corrected chi connectivity index (χ3v) is 3.11. The molecule has 0 aromatic carbocycles. The van der Waals surface area contributed by atoms with E-state index < -0.39 is 12.0 Å². The molecular formula is C12H24N2O3. The van der Waals surface area contributed by atoms with E-state index in [1.54, 1.807) is 0 Å². The number of likely N-dealkylation sites (tertiary alicyclic amines) is 1. The average molecular weight is 244 g/mol. The van der Waals surface area contributed by atoms with Crippen molar-refractivity contribution in [3.63, 3.8) is 0 Å². The molecule has 1 fully saturated rings. The van der Waals surface area contributed by atoms with Gasteiger partial charge in [-0.05, 0) is 38.4 Å². The average Bonchev–Trinajstić information content (AvgIpc) is 2.76. The first-order valence-corrected chi connectivity index (χ1v) is 6.31. The van der Waals surface area contributed by atoms with E-state index in [0.717, 1.165) is 13.1 Å². The molecule has 2 N–H and O–H groups in total. The Morgan fingerprint density at radius 3 is 2.65 bits per heavy atom. The van der Waals surface area contributed by atoms with Gasteiger partial charge >= 0.3 is 5.97 Å². The topological polar surface area (TPSA) is 61.8 Å². The molecule has 1 rings (SSSR count). The molecule has 1 saturated heterocycles. The number of hydrogen-bond donors (Lipinski definition) is 2. The number of carboxylic acids is 1. The molecule has 5 heteroatoms. The molecule has 0 spiro atoms. The number of methoxy groups -OCH3 is 1. The Labute approximate surface area is 103 Å². The van der Waals surface area contributed by atoms with E-state index in [0.29, 0.717) is 5.92 Å². The van der Waals surface area contributed by atoms with E-state index in [1.165, 1.54) is 33.0 Å². The Hall–Kier alpha value is -0.650. The van der Waals surface area contributed by atoms with Crippen LogP contribution in [-0.2, 0) is 9.53 Å². The van der Waals surface area contributed by atoms with E-state index in [1.807, 2.05) is 0 Å². The van der Waals surface area contributed by atoms with Gasteiger partial charge in [0.2, 0.25) is 0 Å². The van der Waals surface area contributed by atoms with Crippen LogP contribution in [0.15, 0.2) is 0 Å². The highest BCUT2D eigenvalue weighted by molar-refractivity contribution is 5.73. The second-order valence-electron chi connectivity index (χ2n) is 4.87. The van der Waals surface area contributed by atoms with Gasteiger partial charge in [0.05, 0.1) is 6.61 Å². The summed E-state index contributed by atoms with van der Waals surface area (Å²) in [4.78, 5) is 13.3. The van der Waals surface area contributed by atoms with Crippen LogP contribution in [0.1, 0.15) is 19.8 Å². The highest BCUT2D eigenvalue weighted by Crippen LogP contribution is 2.09. The summed E-state index contributed by atoms with van der Waals surface area (Å²) in [6.45, 7) is 6.50. The monoisotopic (exact) mass is 244 g/mol. The maximum atomic E-state index is 10.9. The van der Waals surface area contributed by atoms with Gasteiger partial charge in [-0.1, -0.05) is 6.92 Å². The summed E-state index contributed by atoms with van der Waals surface area (Å²) in [5.41, 5.74) is 0. The lowest BCUT2D eigenvalue weighted by molar-refractivity contribution is -0.140. The van der Waals surface area contributed by atoms with Crippen LogP contribution in [0.25, 0.3) is 0 Å². The molecule has 1 aliphatic rings. The molecule has 17 heavy (non-hydrogen) atoms. The molecule has 0 saturated carbocycles. The van der Waals surface area contributed by atoms with Gasteiger partial charge in [-0.15, -0.1) is 0 Å². The van der Waals surface area contributed by atoms with Gasteiger partial charge in [-0.3, -0.25) is 4.79 Å². The Kier molecular flexibility index (Phi) is 6.47. The van der Waals surface area contributed by atoms with Crippen LogP contribution in [0.3, 0.4) is 0 Å². The number of hydrogen-bond acceptors (Lipinski definition) is 4. The van der Waals surface area contributed by atoms with Crippen LogP contribution < -0.4 is 5.32 Å². The minimum absolute atomic E-state index is 0.214. The Morgan fingerprint density at radius 1 is 1.47 bits per heavy atom. The van der Waals surface area contributed by atoms with Gasteiger partial charge in [0, 0.05) is 13.7 Å². The van der Waals surface area contributed by atoms with Gasteiger partial charge in [0.15, 0.2) is 0 Å². The zero-order chi connectivity index (χ0) is 12.7. The van der Waals surface area contributed by atoms with Crippen molar-refractivity contribution >= 4 is 5.97 Å². The van der Waals surface area contributed by atoms with Gasteiger partial charge in [-0.25, -0.2) is 0 Å². The molecule has 5 nitrogen and oxygen atoms in total. The first-order valence-electron chi connectivity index (χ1n) is 6.31. The number of aliphatic carboxylic acids is 1. The zero-order valence-corrected chi connectivity index (χ0v) is 10.8. The van der Waals surface area contributed by atoms with Crippen LogP contribution >= 0.6 is 0 Å². The van der Waals surface area contributed by atoms with E-state index in [4.69, 9.17) is 9.84 Å². The summed E-state index contributed by atoms with van der Waals surface area (Å²) < 4.78 is 4.88. The molecule has 0 radical (unpaired) electrons. The summed E-state index contributed by atoms with van der Waals surface area (Å²) in [6, 6.07) is -0.596. The van der Waals surface area contributed by atoms with Crippen LogP contribution in [0.2, 0.25) is 0 Å². The number of rotatable bonds is 8. The van der Waals surface area contributed by atoms with Crippen molar-refractivity contribution < 1.29 is 14.6 Å². The standard InChI is InChI=1S/C12H24N2O3/c1-10(8-14-5-3-4-6-14)7-13-11(9-17-2)12(15)16/h10-11,13H,3-9H2,1-2H3,(H,15,16). The van der Waals surface area contributed by atoms with E-state index in [-0.39, 0.29) is 6.61 Å². The van der Waals surface area contributed by atoms with Crippen LogP contribution in [0, 0.1) is 5.92 Å². The molecule has 0 amide bonds. The number of nitrogens with zero attached hydrogens (tertiary/aromatic N) is 1. The Balaban J connectivity index is 2.20. The third-order valence-electron chi connectivity index (χ3n) is 3.11. The lowest BCUT2D eigenvalue weighted by Gasteiger charge is -2.22. The normalized spacial score (nSPS) is 20.4. The van der Waals surface area contributed by atoms with Crippen molar-refractivity contribution in [2.75, 3.05) is 39.9 Å². The first kappa shape index (κ1) is 14.4. The number of carbonyl (C=O) groups is 1. The van der Waals surface area contributed by atoms with Crippen molar-refractivity contribution in [1.82, 2.24) is 10.2 Å². The minimum Gasteiger partial charge on any atom is -0.480 e. The zero-order valence-electron chi connectivity index (χ0n) is 10.8. The van der Waals surface area contributed by atoms with Crippen molar-refractivity contribution in [3.05, 3.63) is 0 Å². The highest BCUT2D eigenvalue weighted by Gasteiger charge is 2.19. The fraction of sp³-hybridized carbons (Fsp3) is 0.917. The Morgan fingerprint density at radius 2 is 2.12 bits per heavy atom. The molecule has 0 bridgehead atoms. The SMILES string of the molecule is COCC(NCC(C)CN1CCCC1)C(=O)O. The number of carboxylic acid groups (broad SMARTS) is 1. The van der Waals surface area contributed by atoms with E-state index in [9.17, 15) is 4.79 Å². The van der Waals surface area contributed by atoms with Gasteiger partial charge in [0.1, 0.15) is 6.04 Å². The molecule has 2 atom stereocenters. The second kappa shape index (κ2) is 7.63. The maximum absolute atomic E-state index is 10.9. The van der Waals surface area contributed by atoms with Crippen molar-refractivity contribution in [2.45, 2.75) is 25.8 Å². The summed E-state index contributed by atoms with van der Waals surface area (Å²) in [5.74, 6) is -0.382. The van der Waals surface area contributed by atoms with Gasteiger partial charge < -0.3 is 20.1 Å². The molecular weight excluding hydrogens is 220 g/mol. The molecule has 100 valence electrons. The third kappa shape index (κ3) is 5.48. The minimum atomic E-state index is -0.847. The van der Waals surface area contributed by atoms with Crippen molar-refractivity contribution in [1.29, 1.82) is 0 Å². The van der Waals surface area contributed by atoms with Crippen molar-refractivity contribution in [2.24, 2.45) is 5.92 Å². The fourth-order valence-electron chi connectivity index (χ4n) is 2.20. The summed E-state index contributed by atoms with van der Waals surface area (Å²) in [6.07, 6.45) is 2.59.